The monoisotopic (exact) mass is 476 g/mol. The minimum absolute atomic E-state index is 0. The molecule has 0 fully saturated rings. The Bertz CT molecular complexity index is 369. The van der Waals surface area contributed by atoms with Crippen LogP contribution in [0.1, 0.15) is 130 Å². The van der Waals surface area contributed by atoms with E-state index in [4.69, 9.17) is 4.74 Å². The van der Waals surface area contributed by atoms with E-state index in [9.17, 15) is 24.6 Å². The van der Waals surface area contributed by atoms with Gasteiger partial charge in [0.15, 0.2) is 0 Å². The van der Waals surface area contributed by atoms with E-state index in [1.54, 1.807) is 0 Å². The Hall–Kier alpha value is 0.410. The molecule has 0 unspecified atom stereocenters. The van der Waals surface area contributed by atoms with Gasteiger partial charge >= 0.3 is 65.1 Å². The molecule has 0 saturated carbocycles. The largest absolute Gasteiger partial charge is 1.00 e. The number of rotatable bonds is 17. The number of hydrogen-bond acceptors (Lipinski definition) is 6. The third-order valence-corrected chi connectivity index (χ3v) is 4.26. The van der Waals surface area contributed by atoms with Crippen molar-refractivity contribution in [2.24, 2.45) is 0 Å². The minimum atomic E-state index is -0.920. The number of carbonyl (C=O) groups excluding carboxylic acids is 3. The van der Waals surface area contributed by atoms with E-state index in [2.05, 4.69) is 20.8 Å². The van der Waals surface area contributed by atoms with Crippen LogP contribution in [0.5, 0.6) is 0 Å². The molecule has 0 aliphatic heterocycles. The molecule has 0 aliphatic rings. The van der Waals surface area contributed by atoms with Gasteiger partial charge in [-0.1, -0.05) is 85.0 Å². The average molecular weight is 477 g/mol. The van der Waals surface area contributed by atoms with Gasteiger partial charge in [0.05, 0.1) is 6.61 Å². The molecule has 0 aromatic heterocycles. The third-order valence-electron chi connectivity index (χ3n) is 4.26. The molecule has 0 heterocycles. The fourth-order valence-corrected chi connectivity index (χ4v) is 2.50. The summed E-state index contributed by atoms with van der Waals surface area (Å²) >= 11 is 0. The Morgan fingerprint density at radius 2 is 0.844 bits per heavy atom. The van der Waals surface area contributed by atoms with E-state index >= 15 is 0 Å². The Morgan fingerprint density at radius 3 is 1.16 bits per heavy atom. The van der Waals surface area contributed by atoms with Crippen LogP contribution in [-0.2, 0) is 19.1 Å². The van der Waals surface area contributed by atoms with Crippen molar-refractivity contribution in [1.29, 1.82) is 0 Å². The molecule has 0 rings (SSSR count). The van der Waals surface area contributed by atoms with Gasteiger partial charge in [-0.15, -0.1) is 0 Å². The number of carboxylic acid groups (broad SMARTS) is 2. The second-order valence-electron chi connectivity index (χ2n) is 7.33. The molecule has 180 valence electrons. The van der Waals surface area contributed by atoms with Crippen molar-refractivity contribution in [1.82, 2.24) is 0 Å². The van der Waals surface area contributed by atoms with Crippen LogP contribution in [0.2, 0.25) is 0 Å². The van der Waals surface area contributed by atoms with E-state index in [0.717, 1.165) is 57.8 Å². The van der Waals surface area contributed by atoms with Crippen LogP contribution < -0.4 is 69.3 Å². The summed E-state index contributed by atoms with van der Waals surface area (Å²) in [5.41, 5.74) is 0. The Balaban J connectivity index is -0.000000110. The second-order valence-corrected chi connectivity index (χ2v) is 7.33. The van der Waals surface area contributed by atoms with Crippen molar-refractivity contribution >= 4 is 17.9 Å². The number of ether oxygens (including phenoxy) is 1. The van der Waals surface area contributed by atoms with Gasteiger partial charge in [-0.05, 0) is 39.0 Å². The molecule has 0 spiro atoms. The molecule has 6 nitrogen and oxygen atoms in total. The van der Waals surface area contributed by atoms with Crippen LogP contribution in [0.15, 0.2) is 0 Å². The molecular weight excluding hydrogens is 430 g/mol. The van der Waals surface area contributed by atoms with Crippen LogP contribution in [0, 0.1) is 0 Å². The van der Waals surface area contributed by atoms with Crippen molar-refractivity contribution in [2.45, 2.75) is 130 Å². The van der Waals surface area contributed by atoms with Crippen LogP contribution >= 0.6 is 0 Å². The summed E-state index contributed by atoms with van der Waals surface area (Å²) in [4.78, 5) is 30.5. The van der Waals surface area contributed by atoms with Crippen LogP contribution in [0.4, 0.5) is 0 Å². The maximum atomic E-state index is 10.7. The second kappa shape index (κ2) is 38.7. The summed E-state index contributed by atoms with van der Waals surface area (Å²) in [6.45, 7) is 8.73. The third kappa shape index (κ3) is 52.4. The van der Waals surface area contributed by atoms with Gasteiger partial charge in [0.2, 0.25) is 0 Å². The number of aliphatic carboxylic acids is 2. The van der Waals surface area contributed by atoms with Gasteiger partial charge in [-0.3, -0.25) is 4.79 Å². The first kappa shape index (κ1) is 42.6. The predicted molar refractivity (Wildman–Crippen MR) is 118 cm³/mol. The van der Waals surface area contributed by atoms with E-state index in [0.29, 0.717) is 13.0 Å². The number of carbonyl (C=O) groups is 3. The van der Waals surface area contributed by atoms with Gasteiger partial charge in [0.1, 0.15) is 0 Å². The first-order valence-corrected chi connectivity index (χ1v) is 11.9. The van der Waals surface area contributed by atoms with Crippen molar-refractivity contribution in [2.75, 3.05) is 6.61 Å². The van der Waals surface area contributed by atoms with Crippen molar-refractivity contribution < 1.29 is 88.4 Å². The molecule has 32 heavy (non-hydrogen) atoms. The van der Waals surface area contributed by atoms with E-state index < -0.39 is 11.9 Å². The molecule has 0 saturated heterocycles. The quantitative estimate of drug-likeness (QED) is 0.141. The standard InChI is InChI=1S/3C8H16O2.2Na/c1-3-5-6-7-8(9)10-4-2;2*1-2-3-4-5-6-7-8(9)10;;/h3-7H2,1-2H3;2*2-7H2,1H3,(H,9,10);;/q;;;2*+1/p-2. The first-order valence-electron chi connectivity index (χ1n) is 11.9. The number of hydrogen-bond donors (Lipinski definition) is 0. The topological polar surface area (TPSA) is 107 Å². The van der Waals surface area contributed by atoms with Gasteiger partial charge in [-0.25, -0.2) is 0 Å². The fraction of sp³-hybridized carbons (Fsp3) is 0.875. The van der Waals surface area contributed by atoms with E-state index in [-0.39, 0.29) is 77.9 Å². The zero-order valence-electron chi connectivity index (χ0n) is 22.0. The maximum absolute atomic E-state index is 10.7. The molecule has 0 aromatic carbocycles. The molecule has 0 atom stereocenters. The van der Waals surface area contributed by atoms with Crippen molar-refractivity contribution in [3.63, 3.8) is 0 Å². The maximum Gasteiger partial charge on any atom is 1.00 e. The summed E-state index contributed by atoms with van der Waals surface area (Å²) in [5, 5.41) is 19.8. The summed E-state index contributed by atoms with van der Waals surface area (Å²) < 4.78 is 4.75. The Morgan fingerprint density at radius 1 is 0.531 bits per heavy atom. The van der Waals surface area contributed by atoms with Crippen LogP contribution in [0.3, 0.4) is 0 Å². The molecule has 0 N–H and O–H groups in total. The fourth-order valence-electron chi connectivity index (χ4n) is 2.50. The summed E-state index contributed by atoms with van der Waals surface area (Å²) in [6, 6.07) is 0. The Kier molecular flexibility index (Phi) is 51.4. The van der Waals surface area contributed by atoms with Crippen molar-refractivity contribution in [3.05, 3.63) is 0 Å². The summed E-state index contributed by atoms with van der Waals surface area (Å²) in [6.07, 6.45) is 15.0. The molecule has 0 bridgehead atoms. The zero-order valence-corrected chi connectivity index (χ0v) is 26.0. The normalized spacial score (nSPS) is 9.00. The van der Waals surface area contributed by atoms with Gasteiger partial charge in [-0.2, -0.15) is 0 Å². The average Bonchev–Trinajstić information content (AvgIpc) is 2.69. The van der Waals surface area contributed by atoms with Gasteiger partial charge in [0, 0.05) is 18.4 Å². The minimum Gasteiger partial charge on any atom is -0.550 e. The van der Waals surface area contributed by atoms with E-state index in [1.165, 1.54) is 25.7 Å². The number of carboxylic acids is 2. The molecular formula is C24H46Na2O6. The summed E-state index contributed by atoms with van der Waals surface area (Å²) in [7, 11) is 0. The molecule has 0 amide bonds. The molecule has 0 aliphatic carbocycles. The van der Waals surface area contributed by atoms with Gasteiger partial charge < -0.3 is 24.5 Å². The van der Waals surface area contributed by atoms with E-state index in [1.807, 2.05) is 6.92 Å². The van der Waals surface area contributed by atoms with Crippen molar-refractivity contribution in [3.8, 4) is 0 Å². The number of unbranched alkanes of at least 4 members (excludes halogenated alkanes) is 10. The van der Waals surface area contributed by atoms with Gasteiger partial charge in [0.25, 0.3) is 0 Å². The molecule has 0 radical (unpaired) electrons. The predicted octanol–water partition coefficient (Wildman–Crippen LogP) is -1.67. The SMILES string of the molecule is CCCCCC(=O)OCC.CCCCCCCC(=O)[O-].CCCCCCCC(=O)[O-].[Na+].[Na+]. The van der Waals surface area contributed by atoms with Crippen LogP contribution in [-0.4, -0.2) is 24.5 Å². The first-order chi connectivity index (χ1) is 14.3. The zero-order chi connectivity index (χ0) is 23.5. The summed E-state index contributed by atoms with van der Waals surface area (Å²) in [5.74, 6) is -1.90. The molecule has 8 heteroatoms. The Labute approximate surface area is 241 Å². The number of esters is 1. The molecule has 0 aromatic rings. The van der Waals surface area contributed by atoms with Crippen LogP contribution in [0.25, 0.3) is 0 Å². The smallest absolute Gasteiger partial charge is 0.550 e.